The molecule has 0 N–H and O–H groups in total. The standard InChI is InChI=1S/C14H14O2/c1-15-14-7-6-10-4-2-3-5-12(10)13(14)8-11-9-16-11/h2-7,11H,8-9H2,1H3. The molecular formula is C14H14O2. The van der Waals surface area contributed by atoms with E-state index >= 15 is 0 Å². The molecular weight excluding hydrogens is 200 g/mol. The fraction of sp³-hybridized carbons (Fsp3) is 0.286. The van der Waals surface area contributed by atoms with Crippen molar-refractivity contribution in [2.75, 3.05) is 13.7 Å². The Balaban J connectivity index is 2.17. The Morgan fingerprint density at radius 3 is 2.81 bits per heavy atom. The molecule has 82 valence electrons. The van der Waals surface area contributed by atoms with Crippen LogP contribution in [0.5, 0.6) is 5.75 Å². The van der Waals surface area contributed by atoms with Crippen molar-refractivity contribution >= 4 is 10.8 Å². The monoisotopic (exact) mass is 214 g/mol. The summed E-state index contributed by atoms with van der Waals surface area (Å²) in [4.78, 5) is 0. The summed E-state index contributed by atoms with van der Waals surface area (Å²) in [6.45, 7) is 0.881. The molecule has 1 unspecified atom stereocenters. The second-order valence-corrected chi connectivity index (χ2v) is 4.13. The molecule has 2 aromatic carbocycles. The number of benzene rings is 2. The normalized spacial score (nSPS) is 18.7. The summed E-state index contributed by atoms with van der Waals surface area (Å²) in [5, 5.41) is 2.54. The molecule has 0 saturated carbocycles. The molecule has 0 amide bonds. The van der Waals surface area contributed by atoms with Gasteiger partial charge in [-0.05, 0) is 16.8 Å². The van der Waals surface area contributed by atoms with Gasteiger partial charge < -0.3 is 9.47 Å². The fourth-order valence-electron chi connectivity index (χ4n) is 2.13. The van der Waals surface area contributed by atoms with E-state index in [4.69, 9.17) is 9.47 Å². The maximum Gasteiger partial charge on any atom is 0.122 e. The van der Waals surface area contributed by atoms with Crippen LogP contribution in [-0.2, 0) is 11.2 Å². The molecule has 2 heteroatoms. The predicted molar refractivity (Wildman–Crippen MR) is 63.9 cm³/mol. The molecule has 1 aliphatic rings. The van der Waals surface area contributed by atoms with Crippen LogP contribution in [0.2, 0.25) is 0 Å². The number of rotatable bonds is 3. The second-order valence-electron chi connectivity index (χ2n) is 4.13. The van der Waals surface area contributed by atoms with Gasteiger partial charge in [0.1, 0.15) is 5.75 Å². The summed E-state index contributed by atoms with van der Waals surface area (Å²) in [5.41, 5.74) is 1.27. The molecule has 1 aliphatic heterocycles. The first kappa shape index (κ1) is 9.67. The lowest BCUT2D eigenvalue weighted by molar-refractivity contribution is 0.392. The quantitative estimate of drug-likeness (QED) is 0.733. The van der Waals surface area contributed by atoms with Gasteiger partial charge in [0.25, 0.3) is 0 Å². The van der Waals surface area contributed by atoms with Crippen molar-refractivity contribution in [3.63, 3.8) is 0 Å². The van der Waals surface area contributed by atoms with Crippen LogP contribution in [0.1, 0.15) is 5.56 Å². The number of hydrogen-bond acceptors (Lipinski definition) is 2. The Kier molecular flexibility index (Phi) is 2.29. The highest BCUT2D eigenvalue weighted by atomic mass is 16.6. The summed E-state index contributed by atoms with van der Waals surface area (Å²) < 4.78 is 10.7. The van der Waals surface area contributed by atoms with Crippen molar-refractivity contribution in [3.8, 4) is 5.75 Å². The highest BCUT2D eigenvalue weighted by Gasteiger charge is 2.25. The lowest BCUT2D eigenvalue weighted by Crippen LogP contribution is -1.98. The van der Waals surface area contributed by atoms with E-state index in [1.165, 1.54) is 16.3 Å². The van der Waals surface area contributed by atoms with Gasteiger partial charge in [-0.3, -0.25) is 0 Å². The van der Waals surface area contributed by atoms with Gasteiger partial charge in [0.05, 0.1) is 19.8 Å². The minimum absolute atomic E-state index is 0.389. The molecule has 0 bridgehead atoms. The van der Waals surface area contributed by atoms with Crippen molar-refractivity contribution in [3.05, 3.63) is 42.0 Å². The average Bonchev–Trinajstić information content (AvgIpc) is 3.13. The maximum absolute atomic E-state index is 5.43. The molecule has 0 spiro atoms. The molecule has 0 radical (unpaired) electrons. The van der Waals surface area contributed by atoms with Gasteiger partial charge in [-0.15, -0.1) is 0 Å². The van der Waals surface area contributed by atoms with Crippen molar-refractivity contribution in [1.29, 1.82) is 0 Å². The van der Waals surface area contributed by atoms with Crippen LogP contribution in [0.3, 0.4) is 0 Å². The zero-order valence-corrected chi connectivity index (χ0v) is 9.27. The van der Waals surface area contributed by atoms with Gasteiger partial charge in [0.15, 0.2) is 0 Å². The molecule has 3 rings (SSSR count). The van der Waals surface area contributed by atoms with Crippen LogP contribution in [0, 0.1) is 0 Å². The number of fused-ring (bicyclic) bond motifs is 1. The van der Waals surface area contributed by atoms with Gasteiger partial charge in [0, 0.05) is 12.0 Å². The molecule has 1 atom stereocenters. The first-order valence-electron chi connectivity index (χ1n) is 5.54. The highest BCUT2D eigenvalue weighted by molar-refractivity contribution is 5.87. The van der Waals surface area contributed by atoms with Gasteiger partial charge in [-0.2, -0.15) is 0 Å². The average molecular weight is 214 g/mol. The Bertz CT molecular complexity index is 515. The van der Waals surface area contributed by atoms with E-state index in [0.717, 1.165) is 18.8 Å². The van der Waals surface area contributed by atoms with Crippen molar-refractivity contribution in [2.24, 2.45) is 0 Å². The van der Waals surface area contributed by atoms with Gasteiger partial charge in [0.2, 0.25) is 0 Å². The van der Waals surface area contributed by atoms with Gasteiger partial charge in [-0.25, -0.2) is 0 Å². The van der Waals surface area contributed by atoms with Gasteiger partial charge >= 0.3 is 0 Å². The first-order valence-corrected chi connectivity index (χ1v) is 5.54. The Morgan fingerprint density at radius 2 is 2.06 bits per heavy atom. The minimum Gasteiger partial charge on any atom is -0.496 e. The molecule has 2 aromatic rings. The Hall–Kier alpha value is -1.54. The van der Waals surface area contributed by atoms with Crippen molar-refractivity contribution in [2.45, 2.75) is 12.5 Å². The summed E-state index contributed by atoms with van der Waals surface area (Å²) in [5.74, 6) is 0.967. The SMILES string of the molecule is COc1ccc2ccccc2c1CC1CO1. The van der Waals surface area contributed by atoms with Crippen LogP contribution >= 0.6 is 0 Å². The number of hydrogen-bond donors (Lipinski definition) is 0. The van der Waals surface area contributed by atoms with Crippen LogP contribution in [0.25, 0.3) is 10.8 Å². The zero-order valence-electron chi connectivity index (χ0n) is 9.27. The van der Waals surface area contributed by atoms with Crippen molar-refractivity contribution < 1.29 is 9.47 Å². The van der Waals surface area contributed by atoms with Crippen LogP contribution in [-0.4, -0.2) is 19.8 Å². The molecule has 16 heavy (non-hydrogen) atoms. The smallest absolute Gasteiger partial charge is 0.122 e. The third kappa shape index (κ3) is 1.65. The van der Waals surface area contributed by atoms with Gasteiger partial charge in [-0.1, -0.05) is 30.3 Å². The summed E-state index contributed by atoms with van der Waals surface area (Å²) in [6, 6.07) is 12.6. The number of ether oxygens (including phenoxy) is 2. The summed E-state index contributed by atoms with van der Waals surface area (Å²) in [6.07, 6.45) is 1.34. The number of epoxide rings is 1. The van der Waals surface area contributed by atoms with E-state index in [-0.39, 0.29) is 0 Å². The zero-order chi connectivity index (χ0) is 11.0. The van der Waals surface area contributed by atoms with E-state index in [9.17, 15) is 0 Å². The summed E-state index contributed by atoms with van der Waals surface area (Å²) in [7, 11) is 1.72. The molecule has 2 nitrogen and oxygen atoms in total. The maximum atomic E-state index is 5.43. The van der Waals surface area contributed by atoms with E-state index in [1.54, 1.807) is 7.11 Å². The topological polar surface area (TPSA) is 21.8 Å². The first-order chi connectivity index (χ1) is 7.88. The molecule has 1 heterocycles. The fourth-order valence-corrected chi connectivity index (χ4v) is 2.13. The van der Waals surface area contributed by atoms with Crippen LogP contribution in [0.15, 0.2) is 36.4 Å². The predicted octanol–water partition coefficient (Wildman–Crippen LogP) is 2.79. The Morgan fingerprint density at radius 1 is 1.25 bits per heavy atom. The molecule has 0 aromatic heterocycles. The highest BCUT2D eigenvalue weighted by Crippen LogP contribution is 2.31. The van der Waals surface area contributed by atoms with E-state index in [0.29, 0.717) is 6.10 Å². The third-order valence-electron chi connectivity index (χ3n) is 3.05. The largest absolute Gasteiger partial charge is 0.496 e. The number of methoxy groups -OCH3 is 1. The second kappa shape index (κ2) is 3.80. The minimum atomic E-state index is 0.389. The summed E-state index contributed by atoms with van der Waals surface area (Å²) >= 11 is 0. The lowest BCUT2D eigenvalue weighted by atomic mass is 10.00. The molecule has 0 aliphatic carbocycles. The van der Waals surface area contributed by atoms with E-state index in [2.05, 4.69) is 30.3 Å². The van der Waals surface area contributed by atoms with Crippen LogP contribution in [0.4, 0.5) is 0 Å². The van der Waals surface area contributed by atoms with Crippen molar-refractivity contribution in [1.82, 2.24) is 0 Å². The molecule has 1 fully saturated rings. The third-order valence-corrected chi connectivity index (χ3v) is 3.05. The lowest BCUT2D eigenvalue weighted by Gasteiger charge is -2.10. The van der Waals surface area contributed by atoms with E-state index in [1.807, 2.05) is 6.07 Å². The van der Waals surface area contributed by atoms with E-state index < -0.39 is 0 Å². The van der Waals surface area contributed by atoms with Crippen LogP contribution < -0.4 is 4.74 Å². The molecule has 1 saturated heterocycles. The Labute approximate surface area is 94.8 Å².